The molecule has 11 nitrogen and oxygen atoms in total. The minimum absolute atomic E-state index is 0.175. The third kappa shape index (κ3) is 3.61. The average molecular weight is 450 g/mol. The van der Waals surface area contributed by atoms with E-state index in [9.17, 15) is 0 Å². The zero-order valence-corrected chi connectivity index (χ0v) is 18.7. The van der Waals surface area contributed by atoms with E-state index < -0.39 is 0 Å². The van der Waals surface area contributed by atoms with Crippen LogP contribution >= 0.6 is 0 Å². The van der Waals surface area contributed by atoms with Gasteiger partial charge in [-0.2, -0.15) is 4.52 Å². The van der Waals surface area contributed by atoms with E-state index in [-0.39, 0.29) is 6.04 Å². The third-order valence-electron chi connectivity index (χ3n) is 6.89. The number of ether oxygens (including phenoxy) is 2. The number of tetrazole rings is 2. The molecule has 1 aliphatic heterocycles. The first-order chi connectivity index (χ1) is 16.3. The van der Waals surface area contributed by atoms with E-state index in [1.54, 1.807) is 11.6 Å². The second kappa shape index (κ2) is 8.64. The monoisotopic (exact) mass is 449 g/mol. The van der Waals surface area contributed by atoms with Gasteiger partial charge in [0, 0.05) is 30.1 Å². The van der Waals surface area contributed by atoms with Gasteiger partial charge in [0.05, 0.1) is 31.9 Å². The molecule has 1 atom stereocenters. The van der Waals surface area contributed by atoms with Crippen molar-refractivity contribution < 1.29 is 9.47 Å². The largest absolute Gasteiger partial charge is 0.497 e. The molecular weight excluding hydrogens is 422 g/mol. The lowest BCUT2D eigenvalue weighted by Gasteiger charge is -2.35. The van der Waals surface area contributed by atoms with E-state index in [1.807, 2.05) is 18.2 Å². The minimum atomic E-state index is -0.175. The molecule has 1 unspecified atom stereocenters. The van der Waals surface area contributed by atoms with Crippen LogP contribution in [0, 0.1) is 0 Å². The molecule has 0 bridgehead atoms. The Morgan fingerprint density at radius 3 is 2.64 bits per heavy atom. The van der Waals surface area contributed by atoms with Gasteiger partial charge in [0.15, 0.2) is 11.5 Å². The molecule has 1 saturated heterocycles. The summed E-state index contributed by atoms with van der Waals surface area (Å²) in [5.41, 5.74) is 2.59. The molecule has 172 valence electrons. The van der Waals surface area contributed by atoms with Gasteiger partial charge in [0.25, 0.3) is 0 Å². The SMILES string of the molecule is COc1ccc2cc(C(c3nnnn3C3CCCCC3)N3CCOCC3)c3nnnn3c2c1. The van der Waals surface area contributed by atoms with Crippen LogP contribution < -0.4 is 4.74 Å². The number of rotatable bonds is 5. The number of morpholine rings is 1. The van der Waals surface area contributed by atoms with Gasteiger partial charge >= 0.3 is 0 Å². The molecule has 6 rings (SSSR count). The molecule has 0 radical (unpaired) electrons. The number of hydrogen-bond donors (Lipinski definition) is 0. The molecule has 0 spiro atoms. The molecule has 1 saturated carbocycles. The van der Waals surface area contributed by atoms with E-state index in [0.29, 0.717) is 24.9 Å². The van der Waals surface area contributed by atoms with E-state index in [1.165, 1.54) is 19.3 Å². The maximum absolute atomic E-state index is 5.66. The molecule has 4 heterocycles. The third-order valence-corrected chi connectivity index (χ3v) is 6.89. The van der Waals surface area contributed by atoms with Crippen LogP contribution in [0.5, 0.6) is 5.75 Å². The van der Waals surface area contributed by atoms with Crippen molar-refractivity contribution in [2.24, 2.45) is 0 Å². The topological polar surface area (TPSA) is 108 Å². The molecule has 1 aromatic carbocycles. The van der Waals surface area contributed by atoms with E-state index in [4.69, 9.17) is 9.47 Å². The number of nitrogens with zero attached hydrogens (tertiary/aromatic N) is 9. The quantitative estimate of drug-likeness (QED) is 0.453. The van der Waals surface area contributed by atoms with Crippen molar-refractivity contribution in [1.82, 2.24) is 45.1 Å². The lowest BCUT2D eigenvalue weighted by molar-refractivity contribution is 0.0213. The Hall–Kier alpha value is -3.18. The molecule has 0 N–H and O–H groups in total. The number of benzene rings is 1. The van der Waals surface area contributed by atoms with Gasteiger partial charge in [-0.1, -0.05) is 19.3 Å². The van der Waals surface area contributed by atoms with Crippen molar-refractivity contribution in [1.29, 1.82) is 0 Å². The highest BCUT2D eigenvalue weighted by molar-refractivity contribution is 5.84. The zero-order valence-electron chi connectivity index (χ0n) is 18.7. The van der Waals surface area contributed by atoms with Crippen LogP contribution in [0.2, 0.25) is 0 Å². The standard InChI is InChI=1S/C22H27N9O2/c1-32-17-8-7-15-13-18(21-23-25-28-31(21)19(15)14-17)20(29-9-11-33-12-10-29)22-24-26-27-30(22)16-5-3-2-4-6-16/h7-8,13-14,16,20H,2-6,9-12H2,1H3. The molecule has 0 amide bonds. The van der Waals surface area contributed by atoms with Crippen LogP contribution in [-0.2, 0) is 4.74 Å². The van der Waals surface area contributed by atoms with Crippen molar-refractivity contribution in [3.8, 4) is 5.75 Å². The molecule has 3 aromatic heterocycles. The van der Waals surface area contributed by atoms with Gasteiger partial charge in [-0.25, -0.2) is 4.68 Å². The van der Waals surface area contributed by atoms with Crippen molar-refractivity contribution in [2.75, 3.05) is 33.4 Å². The summed E-state index contributed by atoms with van der Waals surface area (Å²) in [6.45, 7) is 2.92. The number of methoxy groups -OCH3 is 1. The predicted molar refractivity (Wildman–Crippen MR) is 119 cm³/mol. The molecule has 2 fully saturated rings. The molecule has 2 aliphatic rings. The fourth-order valence-electron chi connectivity index (χ4n) is 5.22. The van der Waals surface area contributed by atoms with Crippen molar-refractivity contribution >= 4 is 16.6 Å². The summed E-state index contributed by atoms with van der Waals surface area (Å²) < 4.78 is 14.9. The predicted octanol–water partition coefficient (Wildman–Crippen LogP) is 2.20. The normalized spacial score (nSPS) is 19.3. The summed E-state index contributed by atoms with van der Waals surface area (Å²) in [5, 5.41) is 26.9. The highest BCUT2D eigenvalue weighted by Crippen LogP contribution is 2.36. The Kier molecular flexibility index (Phi) is 5.35. The van der Waals surface area contributed by atoms with E-state index in [0.717, 1.165) is 54.0 Å². The second-order valence-electron chi connectivity index (χ2n) is 8.76. The maximum Gasteiger partial charge on any atom is 0.185 e. The first kappa shape index (κ1) is 20.4. The van der Waals surface area contributed by atoms with E-state index in [2.05, 4.69) is 46.7 Å². The van der Waals surface area contributed by atoms with Crippen LogP contribution in [0.25, 0.3) is 16.6 Å². The highest BCUT2D eigenvalue weighted by atomic mass is 16.5. The molecule has 11 heteroatoms. The summed E-state index contributed by atoms with van der Waals surface area (Å²) in [6, 6.07) is 8.27. The van der Waals surface area contributed by atoms with Gasteiger partial charge in [-0.15, -0.1) is 10.2 Å². The average Bonchev–Trinajstić information content (AvgIpc) is 3.56. The maximum atomic E-state index is 5.66. The van der Waals surface area contributed by atoms with Crippen LogP contribution in [0.4, 0.5) is 0 Å². The fraction of sp³-hybridized carbons (Fsp3) is 0.545. The lowest BCUT2D eigenvalue weighted by Crippen LogP contribution is -2.41. The smallest absolute Gasteiger partial charge is 0.185 e. The molecule has 4 aromatic rings. The number of aromatic nitrogens is 8. The Labute approximate surface area is 190 Å². The Morgan fingerprint density at radius 2 is 1.82 bits per heavy atom. The van der Waals surface area contributed by atoms with Crippen LogP contribution in [-0.4, -0.2) is 78.6 Å². The van der Waals surface area contributed by atoms with Crippen molar-refractivity contribution in [3.05, 3.63) is 35.7 Å². The minimum Gasteiger partial charge on any atom is -0.497 e. The van der Waals surface area contributed by atoms with Gasteiger partial charge in [0.1, 0.15) is 11.8 Å². The summed E-state index contributed by atoms with van der Waals surface area (Å²) >= 11 is 0. The number of fused-ring (bicyclic) bond motifs is 3. The Bertz CT molecular complexity index is 1260. The first-order valence-electron chi connectivity index (χ1n) is 11.6. The molecular formula is C22H27N9O2. The van der Waals surface area contributed by atoms with E-state index >= 15 is 0 Å². The highest BCUT2D eigenvalue weighted by Gasteiger charge is 2.34. The lowest BCUT2D eigenvalue weighted by atomic mass is 9.95. The second-order valence-corrected chi connectivity index (χ2v) is 8.76. The summed E-state index contributed by atoms with van der Waals surface area (Å²) in [5.74, 6) is 1.61. The first-order valence-corrected chi connectivity index (χ1v) is 11.6. The van der Waals surface area contributed by atoms with Crippen molar-refractivity contribution in [3.63, 3.8) is 0 Å². The van der Waals surface area contributed by atoms with Crippen LogP contribution in [0.3, 0.4) is 0 Å². The summed E-state index contributed by atoms with van der Waals surface area (Å²) in [4.78, 5) is 2.38. The van der Waals surface area contributed by atoms with Crippen molar-refractivity contribution in [2.45, 2.75) is 44.2 Å². The summed E-state index contributed by atoms with van der Waals surface area (Å²) in [6.07, 6.45) is 5.91. The fourth-order valence-corrected chi connectivity index (χ4v) is 5.22. The van der Waals surface area contributed by atoms with Gasteiger partial charge < -0.3 is 9.47 Å². The van der Waals surface area contributed by atoms with Gasteiger partial charge in [-0.05, 0) is 51.9 Å². The number of pyridine rings is 1. The van der Waals surface area contributed by atoms with Crippen LogP contribution in [0.1, 0.15) is 55.6 Å². The number of hydrogen-bond acceptors (Lipinski definition) is 9. The Balaban J connectivity index is 1.54. The zero-order chi connectivity index (χ0) is 22.2. The van der Waals surface area contributed by atoms with Crippen LogP contribution in [0.15, 0.2) is 24.3 Å². The van der Waals surface area contributed by atoms with Gasteiger partial charge in [0.2, 0.25) is 0 Å². The summed E-state index contributed by atoms with van der Waals surface area (Å²) in [7, 11) is 1.66. The molecule has 1 aliphatic carbocycles. The molecule has 33 heavy (non-hydrogen) atoms. The van der Waals surface area contributed by atoms with Gasteiger partial charge in [-0.3, -0.25) is 4.90 Å². The Morgan fingerprint density at radius 1 is 1.00 bits per heavy atom.